The maximum Gasteiger partial charge on any atom is 0.433 e. The van der Waals surface area contributed by atoms with Crippen LogP contribution in [0.1, 0.15) is 64.7 Å². The Morgan fingerprint density at radius 1 is 1.12 bits per heavy atom. The third-order valence-electron chi connectivity index (χ3n) is 7.60. The molecule has 2 aliphatic heterocycles. The Hall–Kier alpha value is -2.05. The van der Waals surface area contributed by atoms with E-state index in [1.165, 1.54) is 0 Å². The van der Waals surface area contributed by atoms with Crippen LogP contribution in [0.15, 0.2) is 0 Å². The number of rotatable bonds is 7. The minimum Gasteiger partial charge on any atom is -0.446 e. The molecule has 1 unspecified atom stereocenters. The SMILES string of the molecule is C[C@@H]1CCC[N+]1(C(=O)NC(=O)OC1CCS(=O)(=O)CC1)C(=O)[C@H](CC1CCCC1)CN(O)C=O. The molecule has 5 amide bonds. The van der Waals surface area contributed by atoms with E-state index in [4.69, 9.17) is 4.74 Å². The zero-order valence-corrected chi connectivity index (χ0v) is 20.5. The van der Waals surface area contributed by atoms with Crippen LogP contribution < -0.4 is 5.32 Å². The zero-order valence-electron chi connectivity index (χ0n) is 19.7. The van der Waals surface area contributed by atoms with E-state index in [1.54, 1.807) is 6.92 Å². The fourth-order valence-corrected chi connectivity index (χ4v) is 7.10. The van der Waals surface area contributed by atoms with E-state index in [1.807, 2.05) is 0 Å². The van der Waals surface area contributed by atoms with Crippen molar-refractivity contribution < 1.29 is 42.0 Å². The molecule has 2 N–H and O–H groups in total. The smallest absolute Gasteiger partial charge is 0.433 e. The molecular formula is C22H36N3O8S+. The van der Waals surface area contributed by atoms with Crippen molar-refractivity contribution in [3.8, 4) is 0 Å². The number of hydrogen-bond acceptors (Lipinski definition) is 8. The van der Waals surface area contributed by atoms with Gasteiger partial charge in [0.15, 0.2) is 9.84 Å². The highest BCUT2D eigenvalue weighted by molar-refractivity contribution is 7.91. The van der Waals surface area contributed by atoms with Gasteiger partial charge in [0.05, 0.1) is 30.5 Å². The summed E-state index contributed by atoms with van der Waals surface area (Å²) in [5.41, 5.74) is 0. The molecule has 192 valence electrons. The van der Waals surface area contributed by atoms with Crippen molar-refractivity contribution in [1.82, 2.24) is 10.4 Å². The number of hydroxylamine groups is 2. The van der Waals surface area contributed by atoms with Crippen LogP contribution in [0.5, 0.6) is 0 Å². The molecule has 0 radical (unpaired) electrons. The van der Waals surface area contributed by atoms with Crippen molar-refractivity contribution in [3.05, 3.63) is 0 Å². The first-order chi connectivity index (χ1) is 16.1. The third-order valence-corrected chi connectivity index (χ3v) is 9.31. The summed E-state index contributed by atoms with van der Waals surface area (Å²) in [6.07, 6.45) is 4.71. The van der Waals surface area contributed by atoms with Crippen molar-refractivity contribution in [3.63, 3.8) is 0 Å². The molecule has 0 spiro atoms. The number of nitrogens with one attached hydrogen (secondary N) is 1. The number of nitrogens with zero attached hydrogens (tertiary/aromatic N) is 2. The minimum atomic E-state index is -3.12. The van der Waals surface area contributed by atoms with Gasteiger partial charge in [-0.15, -0.1) is 0 Å². The van der Waals surface area contributed by atoms with E-state index in [0.717, 1.165) is 25.7 Å². The lowest BCUT2D eigenvalue weighted by Crippen LogP contribution is -2.65. The van der Waals surface area contributed by atoms with Crippen molar-refractivity contribution in [2.75, 3.05) is 24.6 Å². The van der Waals surface area contributed by atoms with Crippen LogP contribution in [0.4, 0.5) is 9.59 Å². The molecule has 3 atom stereocenters. The first-order valence-corrected chi connectivity index (χ1v) is 13.9. The molecular weight excluding hydrogens is 466 g/mol. The largest absolute Gasteiger partial charge is 0.446 e. The van der Waals surface area contributed by atoms with E-state index in [-0.39, 0.29) is 55.8 Å². The van der Waals surface area contributed by atoms with E-state index in [9.17, 15) is 32.8 Å². The Labute approximate surface area is 200 Å². The molecule has 34 heavy (non-hydrogen) atoms. The lowest BCUT2D eigenvalue weighted by Gasteiger charge is -2.36. The fourth-order valence-electron chi connectivity index (χ4n) is 5.66. The summed E-state index contributed by atoms with van der Waals surface area (Å²) >= 11 is 0. The molecule has 2 heterocycles. The molecule has 11 nitrogen and oxygen atoms in total. The van der Waals surface area contributed by atoms with Gasteiger partial charge in [-0.1, -0.05) is 25.7 Å². The molecule has 3 rings (SSSR count). The zero-order chi connectivity index (χ0) is 24.9. The molecule has 0 aromatic heterocycles. The van der Waals surface area contributed by atoms with Gasteiger partial charge >= 0.3 is 18.0 Å². The topological polar surface area (TPSA) is 147 Å². The number of quaternary nitrogens is 1. The van der Waals surface area contributed by atoms with Gasteiger partial charge in [-0.2, -0.15) is 4.48 Å². The number of amides is 5. The van der Waals surface area contributed by atoms with Crippen LogP contribution in [-0.4, -0.2) is 84.4 Å². The summed E-state index contributed by atoms with van der Waals surface area (Å²) in [6.45, 7) is 1.79. The Morgan fingerprint density at radius 2 is 1.76 bits per heavy atom. The van der Waals surface area contributed by atoms with E-state index >= 15 is 0 Å². The summed E-state index contributed by atoms with van der Waals surface area (Å²) in [5.74, 6) is -1.03. The van der Waals surface area contributed by atoms with Crippen molar-refractivity contribution in [1.29, 1.82) is 0 Å². The lowest BCUT2D eigenvalue weighted by atomic mass is 9.91. The van der Waals surface area contributed by atoms with Gasteiger partial charge in [-0.3, -0.25) is 10.0 Å². The third kappa shape index (κ3) is 6.14. The quantitative estimate of drug-likeness (QED) is 0.232. The second-order valence-corrected chi connectivity index (χ2v) is 12.2. The van der Waals surface area contributed by atoms with Crippen LogP contribution >= 0.6 is 0 Å². The van der Waals surface area contributed by atoms with Gasteiger partial charge in [-0.05, 0) is 32.1 Å². The number of ether oxygens (including phenoxy) is 1. The number of carbonyl (C=O) groups excluding carboxylic acids is 4. The molecule has 12 heteroatoms. The summed E-state index contributed by atoms with van der Waals surface area (Å²) in [5, 5.41) is 12.5. The number of alkyl carbamates (subject to hydrolysis) is 1. The predicted octanol–water partition coefficient (Wildman–Crippen LogP) is 1.98. The Morgan fingerprint density at radius 3 is 2.32 bits per heavy atom. The van der Waals surface area contributed by atoms with Gasteiger partial charge in [-0.25, -0.2) is 33.2 Å². The molecule has 0 bridgehead atoms. The van der Waals surface area contributed by atoms with Gasteiger partial charge in [0.2, 0.25) is 6.41 Å². The monoisotopic (exact) mass is 502 g/mol. The van der Waals surface area contributed by atoms with E-state index in [0.29, 0.717) is 24.3 Å². The average Bonchev–Trinajstić information content (AvgIpc) is 3.44. The minimum absolute atomic E-state index is 0.0777. The highest BCUT2D eigenvalue weighted by Crippen LogP contribution is 2.35. The number of imide groups is 2. The maximum atomic E-state index is 13.8. The number of carbonyl (C=O) groups is 4. The first kappa shape index (κ1) is 26.6. The molecule has 3 aliphatic rings. The standard InChI is InChI=1S/C22H35N3O8S/c1-16-5-4-10-25(16,20(27)18(14-24(30)15-26)13-17-6-2-3-7-17)21(28)23-22(29)33-19-8-11-34(31,32)12-9-19/h15-19,30H,2-14H2,1H3/p+1/t16-,18-,25?/m1/s1. The molecule has 3 fully saturated rings. The van der Waals surface area contributed by atoms with Crippen LogP contribution in [-0.2, 0) is 24.2 Å². The molecule has 1 aliphatic carbocycles. The number of hydrogen-bond donors (Lipinski definition) is 2. The fraction of sp³-hybridized carbons (Fsp3) is 0.818. The van der Waals surface area contributed by atoms with Gasteiger partial charge < -0.3 is 4.74 Å². The van der Waals surface area contributed by atoms with Crippen molar-refractivity contribution >= 4 is 34.3 Å². The van der Waals surface area contributed by atoms with Crippen LogP contribution in [0.2, 0.25) is 0 Å². The second kappa shape index (κ2) is 11.1. The average molecular weight is 503 g/mol. The summed E-state index contributed by atoms with van der Waals surface area (Å²) in [7, 11) is -3.12. The summed E-state index contributed by atoms with van der Waals surface area (Å²) in [4.78, 5) is 50.7. The van der Waals surface area contributed by atoms with Crippen LogP contribution in [0.25, 0.3) is 0 Å². The molecule has 1 saturated carbocycles. The molecule has 2 saturated heterocycles. The number of likely N-dealkylation sites (tertiary alicyclic amines) is 1. The highest BCUT2D eigenvalue weighted by Gasteiger charge is 2.55. The van der Waals surface area contributed by atoms with Gasteiger partial charge in [0, 0.05) is 12.8 Å². The van der Waals surface area contributed by atoms with Crippen LogP contribution in [0, 0.1) is 11.8 Å². The molecule has 0 aromatic carbocycles. The van der Waals surface area contributed by atoms with Crippen LogP contribution in [0.3, 0.4) is 0 Å². The van der Waals surface area contributed by atoms with E-state index < -0.39 is 44.4 Å². The first-order valence-electron chi connectivity index (χ1n) is 12.1. The summed E-state index contributed by atoms with van der Waals surface area (Å²) < 4.78 is 27.8. The highest BCUT2D eigenvalue weighted by atomic mass is 32.2. The number of sulfone groups is 1. The maximum absolute atomic E-state index is 13.8. The predicted molar refractivity (Wildman–Crippen MR) is 120 cm³/mol. The van der Waals surface area contributed by atoms with Crippen molar-refractivity contribution in [2.45, 2.75) is 76.9 Å². The van der Waals surface area contributed by atoms with Crippen molar-refractivity contribution in [2.24, 2.45) is 11.8 Å². The number of urea groups is 1. The molecule has 0 aromatic rings. The van der Waals surface area contributed by atoms with Gasteiger partial charge in [0.1, 0.15) is 12.1 Å². The lowest BCUT2D eigenvalue weighted by molar-refractivity contribution is -0.786. The van der Waals surface area contributed by atoms with Gasteiger partial charge in [0.25, 0.3) is 0 Å². The normalized spacial score (nSPS) is 28.2. The Kier molecular flexibility index (Phi) is 8.69. The second-order valence-electron chi connectivity index (χ2n) is 9.92. The Balaban J connectivity index is 1.73. The van der Waals surface area contributed by atoms with E-state index in [2.05, 4.69) is 5.32 Å². The summed E-state index contributed by atoms with van der Waals surface area (Å²) in [6, 6.07) is -1.16. The Bertz CT molecular complexity index is 875.